The van der Waals surface area contributed by atoms with E-state index in [0.29, 0.717) is 17.2 Å². The van der Waals surface area contributed by atoms with Crippen molar-refractivity contribution in [3.63, 3.8) is 0 Å². The first-order valence-corrected chi connectivity index (χ1v) is 7.81. The second-order valence-electron chi connectivity index (χ2n) is 4.12. The highest BCUT2D eigenvalue weighted by Gasteiger charge is 2.10. The lowest BCUT2D eigenvalue weighted by Gasteiger charge is -2.04. The maximum absolute atomic E-state index is 11.8. The molecule has 1 aromatic carbocycles. The van der Waals surface area contributed by atoms with Crippen LogP contribution in [0.4, 0.5) is 0 Å². The molecule has 2 aromatic heterocycles. The van der Waals surface area contributed by atoms with E-state index in [2.05, 4.69) is 11.1 Å². The average Bonchev–Trinajstić information content (AvgIpc) is 2.88. The quantitative estimate of drug-likeness (QED) is 0.422. The van der Waals surface area contributed by atoms with Crippen LogP contribution in [0, 0.1) is 5.21 Å². The van der Waals surface area contributed by atoms with Crippen LogP contribution < -0.4 is 9.47 Å². The van der Waals surface area contributed by atoms with Crippen LogP contribution in [0.3, 0.4) is 0 Å². The topological polar surface area (TPSA) is 49.1 Å². The van der Waals surface area contributed by atoms with Gasteiger partial charge in [-0.3, -0.25) is 0 Å². The number of hydrogen-bond acceptors (Lipinski definition) is 5. The van der Waals surface area contributed by atoms with E-state index < -0.39 is 0 Å². The van der Waals surface area contributed by atoms with E-state index in [1.807, 2.05) is 18.2 Å². The van der Waals surface area contributed by atoms with Gasteiger partial charge in [0.15, 0.2) is 10.1 Å². The molecular formula is C14H12N2O2S2. The van der Waals surface area contributed by atoms with Gasteiger partial charge in [0.1, 0.15) is 0 Å². The van der Waals surface area contributed by atoms with E-state index in [9.17, 15) is 5.21 Å². The van der Waals surface area contributed by atoms with Crippen LogP contribution in [0.2, 0.25) is 0 Å². The van der Waals surface area contributed by atoms with Crippen molar-refractivity contribution in [3.8, 4) is 5.75 Å². The molecule has 0 fully saturated rings. The maximum atomic E-state index is 11.8. The predicted molar refractivity (Wildman–Crippen MR) is 81.1 cm³/mol. The molecule has 0 saturated carbocycles. The zero-order valence-electron chi connectivity index (χ0n) is 10.8. The molecule has 6 heteroatoms. The monoisotopic (exact) mass is 304 g/mol. The first-order chi connectivity index (χ1) is 9.76. The van der Waals surface area contributed by atoms with Crippen molar-refractivity contribution < 1.29 is 9.47 Å². The Bertz CT molecular complexity index is 710. The van der Waals surface area contributed by atoms with Crippen LogP contribution in [0.1, 0.15) is 5.69 Å². The number of thiazole rings is 1. The fraction of sp³-hybridized carbons (Fsp3) is 0.143. The summed E-state index contributed by atoms with van der Waals surface area (Å²) in [7, 11) is 1.55. The van der Waals surface area contributed by atoms with Crippen LogP contribution in [0.25, 0.3) is 10.2 Å². The molecule has 20 heavy (non-hydrogen) atoms. The maximum Gasteiger partial charge on any atom is 0.222 e. The Hall–Kier alpha value is -1.79. The third kappa shape index (κ3) is 2.71. The van der Waals surface area contributed by atoms with Crippen molar-refractivity contribution >= 4 is 33.3 Å². The van der Waals surface area contributed by atoms with Gasteiger partial charge < -0.3 is 9.94 Å². The fourth-order valence-electron chi connectivity index (χ4n) is 1.77. The molecule has 0 radical (unpaired) electrons. The first kappa shape index (κ1) is 13.2. The molecule has 4 nitrogen and oxygen atoms in total. The Morgan fingerprint density at radius 1 is 1.30 bits per heavy atom. The van der Waals surface area contributed by atoms with Gasteiger partial charge in [0.25, 0.3) is 0 Å². The van der Waals surface area contributed by atoms with Crippen molar-refractivity contribution in [2.75, 3.05) is 7.11 Å². The van der Waals surface area contributed by atoms with Crippen LogP contribution in [0.15, 0.2) is 46.9 Å². The molecule has 0 aliphatic heterocycles. The van der Waals surface area contributed by atoms with Crippen molar-refractivity contribution in [2.24, 2.45) is 0 Å². The van der Waals surface area contributed by atoms with Crippen LogP contribution in [0.5, 0.6) is 5.75 Å². The lowest BCUT2D eigenvalue weighted by Crippen LogP contribution is -2.30. The first-order valence-electron chi connectivity index (χ1n) is 6.01. The Kier molecular flexibility index (Phi) is 3.75. The Labute approximate surface area is 124 Å². The molecule has 0 N–H and O–H groups in total. The van der Waals surface area contributed by atoms with E-state index >= 15 is 0 Å². The summed E-state index contributed by atoms with van der Waals surface area (Å²) in [5, 5.41) is 11.8. The molecule has 0 amide bonds. The zero-order valence-corrected chi connectivity index (χ0v) is 12.4. The molecule has 0 atom stereocenters. The molecule has 0 spiro atoms. The van der Waals surface area contributed by atoms with Crippen LogP contribution in [-0.2, 0) is 5.75 Å². The highest BCUT2D eigenvalue weighted by molar-refractivity contribution is 8.00. The summed E-state index contributed by atoms with van der Waals surface area (Å²) >= 11 is 3.22. The van der Waals surface area contributed by atoms with E-state index in [1.165, 1.54) is 10.9 Å². The number of ether oxygens (including phenoxy) is 1. The number of aromatic nitrogens is 2. The highest BCUT2D eigenvalue weighted by atomic mass is 32.2. The average molecular weight is 304 g/mol. The summed E-state index contributed by atoms with van der Waals surface area (Å²) < 4.78 is 8.00. The highest BCUT2D eigenvalue weighted by Crippen LogP contribution is 2.30. The van der Waals surface area contributed by atoms with E-state index in [-0.39, 0.29) is 0 Å². The number of pyridine rings is 1. The summed E-state index contributed by atoms with van der Waals surface area (Å²) in [5.41, 5.74) is 1.69. The molecule has 0 bridgehead atoms. The number of nitrogens with zero attached hydrogens (tertiary/aromatic N) is 2. The SMILES string of the molecule is COc1ccc(CSc2nc3ccccc3s2)[n+]([O-])c1. The van der Waals surface area contributed by atoms with E-state index in [0.717, 1.165) is 14.6 Å². The molecule has 102 valence electrons. The molecule has 2 heterocycles. The number of benzene rings is 1. The minimum atomic E-state index is 0.564. The van der Waals surface area contributed by atoms with Gasteiger partial charge in [-0.05, 0) is 18.2 Å². The number of thioether (sulfide) groups is 1. The number of rotatable bonds is 4. The third-order valence-corrected chi connectivity index (χ3v) is 5.03. The molecular weight excluding hydrogens is 292 g/mol. The second-order valence-corrected chi connectivity index (χ2v) is 6.38. The van der Waals surface area contributed by atoms with Crippen molar-refractivity contribution in [1.82, 2.24) is 4.98 Å². The number of fused-ring (bicyclic) bond motifs is 1. The fourth-order valence-corrected chi connectivity index (χ4v) is 3.81. The minimum absolute atomic E-state index is 0.564. The number of methoxy groups -OCH3 is 1. The Morgan fingerprint density at radius 3 is 2.90 bits per heavy atom. The smallest absolute Gasteiger partial charge is 0.222 e. The van der Waals surface area contributed by atoms with Crippen LogP contribution in [-0.4, -0.2) is 12.1 Å². The Balaban J connectivity index is 1.75. The van der Waals surface area contributed by atoms with Gasteiger partial charge in [-0.1, -0.05) is 23.9 Å². The van der Waals surface area contributed by atoms with Gasteiger partial charge in [0.05, 0.1) is 23.1 Å². The largest absolute Gasteiger partial charge is 0.618 e. The summed E-state index contributed by atoms with van der Waals surface area (Å²) in [5.74, 6) is 1.15. The minimum Gasteiger partial charge on any atom is -0.618 e. The summed E-state index contributed by atoms with van der Waals surface area (Å²) in [6, 6.07) is 11.6. The molecule has 0 aliphatic carbocycles. The second kappa shape index (κ2) is 5.68. The van der Waals surface area contributed by atoms with Crippen molar-refractivity contribution in [3.05, 3.63) is 53.5 Å². The van der Waals surface area contributed by atoms with Crippen LogP contribution >= 0.6 is 23.1 Å². The molecule has 0 aliphatic rings. The lowest BCUT2D eigenvalue weighted by molar-refractivity contribution is -0.613. The third-order valence-electron chi connectivity index (χ3n) is 2.82. The number of hydrogen-bond donors (Lipinski definition) is 0. The van der Waals surface area contributed by atoms with Gasteiger partial charge in [-0.15, -0.1) is 11.3 Å². The van der Waals surface area contributed by atoms with Gasteiger partial charge in [0, 0.05) is 6.07 Å². The normalized spacial score (nSPS) is 10.8. The zero-order chi connectivity index (χ0) is 13.9. The molecule has 0 saturated heterocycles. The van der Waals surface area contributed by atoms with Gasteiger partial charge in [0.2, 0.25) is 11.9 Å². The summed E-state index contributed by atoms with van der Waals surface area (Å²) in [4.78, 5) is 4.54. The summed E-state index contributed by atoms with van der Waals surface area (Å²) in [6.45, 7) is 0. The van der Waals surface area contributed by atoms with Gasteiger partial charge >= 0.3 is 0 Å². The standard InChI is InChI=1S/C14H12N2O2S2/c1-18-11-7-6-10(16(17)8-11)9-19-14-15-12-4-2-3-5-13(12)20-14/h2-8H,9H2,1H3. The van der Waals surface area contributed by atoms with E-state index in [1.54, 1.807) is 42.3 Å². The number of para-hydroxylation sites is 1. The van der Waals surface area contributed by atoms with E-state index in [4.69, 9.17) is 4.74 Å². The van der Waals surface area contributed by atoms with Crippen molar-refractivity contribution in [1.29, 1.82) is 0 Å². The molecule has 3 rings (SSSR count). The molecule has 0 unspecified atom stereocenters. The van der Waals surface area contributed by atoms with Gasteiger partial charge in [-0.2, -0.15) is 4.73 Å². The lowest BCUT2D eigenvalue weighted by atomic mass is 10.3. The van der Waals surface area contributed by atoms with Gasteiger partial charge in [-0.25, -0.2) is 4.98 Å². The molecule has 3 aromatic rings. The Morgan fingerprint density at radius 2 is 2.15 bits per heavy atom. The predicted octanol–water partition coefficient (Wildman–Crippen LogP) is 3.23. The van der Waals surface area contributed by atoms with Crippen molar-refractivity contribution in [2.45, 2.75) is 10.1 Å². The summed E-state index contributed by atoms with van der Waals surface area (Å²) in [6.07, 6.45) is 1.44.